The van der Waals surface area contributed by atoms with Crippen molar-refractivity contribution in [2.45, 2.75) is 58.9 Å². The molecule has 2 fully saturated rings. The summed E-state index contributed by atoms with van der Waals surface area (Å²) in [7, 11) is 0. The predicted molar refractivity (Wildman–Crippen MR) is 81.6 cm³/mol. The summed E-state index contributed by atoms with van der Waals surface area (Å²) in [5.41, 5.74) is 0.380. The minimum absolute atomic E-state index is 0. The van der Waals surface area contributed by atoms with Crippen molar-refractivity contribution in [3.05, 3.63) is 0 Å². The number of nitrogens with one attached hydrogen (secondary N) is 1. The Kier molecular flexibility index (Phi) is 6.13. The highest BCUT2D eigenvalue weighted by molar-refractivity contribution is 5.85. The number of carbonyl (C=O) groups excluding carboxylic acids is 1. The molecule has 0 aromatic carbocycles. The summed E-state index contributed by atoms with van der Waals surface area (Å²) < 4.78 is 0. The van der Waals surface area contributed by atoms with Crippen LogP contribution < -0.4 is 5.32 Å². The summed E-state index contributed by atoms with van der Waals surface area (Å²) in [6.45, 7) is 9.91. The van der Waals surface area contributed by atoms with Gasteiger partial charge in [-0.05, 0) is 50.0 Å². The van der Waals surface area contributed by atoms with E-state index in [1.165, 1.54) is 19.3 Å². The van der Waals surface area contributed by atoms with E-state index < -0.39 is 0 Å². The fraction of sp³-hybridized carbons (Fsp3) is 0.933. The minimum atomic E-state index is 0. The maximum atomic E-state index is 12.4. The van der Waals surface area contributed by atoms with Gasteiger partial charge in [0.15, 0.2) is 0 Å². The van der Waals surface area contributed by atoms with E-state index in [0.717, 1.165) is 38.4 Å². The molecule has 2 aliphatic rings. The summed E-state index contributed by atoms with van der Waals surface area (Å²) in [5.74, 6) is 1.11. The zero-order valence-electron chi connectivity index (χ0n) is 12.6. The first-order valence-corrected chi connectivity index (χ1v) is 7.50. The monoisotopic (exact) mass is 288 g/mol. The fourth-order valence-electron chi connectivity index (χ4n) is 3.30. The first-order valence-electron chi connectivity index (χ1n) is 7.50. The van der Waals surface area contributed by atoms with Gasteiger partial charge in [0.1, 0.15) is 0 Å². The van der Waals surface area contributed by atoms with Crippen molar-refractivity contribution in [1.29, 1.82) is 0 Å². The number of likely N-dealkylation sites (tertiary alicyclic amines) is 1. The Morgan fingerprint density at radius 3 is 2.42 bits per heavy atom. The van der Waals surface area contributed by atoms with E-state index in [1.807, 2.05) is 0 Å². The van der Waals surface area contributed by atoms with Crippen molar-refractivity contribution in [3.8, 4) is 0 Å². The summed E-state index contributed by atoms with van der Waals surface area (Å²) in [6.07, 6.45) is 5.78. The van der Waals surface area contributed by atoms with Crippen LogP contribution in [0.2, 0.25) is 0 Å². The van der Waals surface area contributed by atoms with E-state index in [2.05, 4.69) is 31.0 Å². The molecule has 2 aliphatic heterocycles. The molecular formula is C15H29ClN2O. The van der Waals surface area contributed by atoms with E-state index in [9.17, 15) is 4.79 Å². The highest BCUT2D eigenvalue weighted by Crippen LogP contribution is 2.34. The van der Waals surface area contributed by atoms with E-state index in [-0.39, 0.29) is 18.4 Å². The lowest BCUT2D eigenvalue weighted by Gasteiger charge is -2.30. The Bertz CT molecular complexity index is 295. The molecule has 0 bridgehead atoms. The van der Waals surface area contributed by atoms with Crippen molar-refractivity contribution >= 4 is 18.3 Å². The molecule has 2 saturated heterocycles. The van der Waals surface area contributed by atoms with Crippen molar-refractivity contribution in [1.82, 2.24) is 10.2 Å². The van der Waals surface area contributed by atoms with Crippen LogP contribution in [-0.2, 0) is 4.79 Å². The average molecular weight is 289 g/mol. The Labute approximate surface area is 123 Å². The maximum Gasteiger partial charge on any atom is 0.239 e. The Morgan fingerprint density at radius 2 is 1.84 bits per heavy atom. The topological polar surface area (TPSA) is 32.3 Å². The van der Waals surface area contributed by atoms with E-state index in [1.54, 1.807) is 0 Å². The van der Waals surface area contributed by atoms with Gasteiger partial charge in [-0.15, -0.1) is 12.4 Å². The van der Waals surface area contributed by atoms with Crippen LogP contribution in [0.5, 0.6) is 0 Å². The first-order chi connectivity index (χ1) is 8.48. The van der Waals surface area contributed by atoms with E-state index in [4.69, 9.17) is 0 Å². The SMILES string of the molecule is CC(C)(C)C1CCCN(C(=O)[C@@H]2CCCN2)CC1.Cl. The van der Waals surface area contributed by atoms with Gasteiger partial charge in [-0.3, -0.25) is 4.79 Å². The molecule has 1 amide bonds. The molecule has 0 aromatic rings. The van der Waals surface area contributed by atoms with E-state index in [0.29, 0.717) is 11.3 Å². The Balaban J connectivity index is 0.00000180. The molecule has 1 N–H and O–H groups in total. The standard InChI is InChI=1S/C15H28N2O.ClH/c1-15(2,3)12-6-5-10-17(11-8-12)14(18)13-7-4-9-16-13;/h12-13,16H,4-11H2,1-3H3;1H/t12?,13-;/m0./s1. The summed E-state index contributed by atoms with van der Waals surface area (Å²) >= 11 is 0. The van der Waals surface area contributed by atoms with Crippen LogP contribution in [0.1, 0.15) is 52.9 Å². The first kappa shape index (κ1) is 16.8. The largest absolute Gasteiger partial charge is 0.341 e. The lowest BCUT2D eigenvalue weighted by molar-refractivity contribution is -0.133. The van der Waals surface area contributed by atoms with Crippen LogP contribution in [0.3, 0.4) is 0 Å². The zero-order valence-corrected chi connectivity index (χ0v) is 13.4. The van der Waals surface area contributed by atoms with Crippen molar-refractivity contribution < 1.29 is 4.79 Å². The molecule has 1 unspecified atom stereocenters. The Morgan fingerprint density at radius 1 is 1.11 bits per heavy atom. The highest BCUT2D eigenvalue weighted by atomic mass is 35.5. The molecule has 0 aliphatic carbocycles. The third-order valence-corrected chi connectivity index (χ3v) is 4.62. The third-order valence-electron chi connectivity index (χ3n) is 4.62. The van der Waals surface area contributed by atoms with Gasteiger partial charge in [-0.2, -0.15) is 0 Å². The molecule has 2 atom stereocenters. The van der Waals surface area contributed by atoms with Crippen LogP contribution >= 0.6 is 12.4 Å². The number of hydrogen-bond donors (Lipinski definition) is 1. The number of halogens is 1. The van der Waals surface area contributed by atoms with Crippen LogP contribution in [-0.4, -0.2) is 36.5 Å². The van der Waals surface area contributed by atoms with Gasteiger partial charge >= 0.3 is 0 Å². The molecule has 0 aromatic heterocycles. The van der Waals surface area contributed by atoms with Crippen LogP contribution in [0, 0.1) is 11.3 Å². The molecule has 112 valence electrons. The maximum absolute atomic E-state index is 12.4. The second-order valence-corrected chi connectivity index (χ2v) is 6.97. The van der Waals surface area contributed by atoms with Gasteiger partial charge in [0.2, 0.25) is 5.91 Å². The second-order valence-electron chi connectivity index (χ2n) is 6.97. The summed E-state index contributed by atoms with van der Waals surface area (Å²) in [5, 5.41) is 3.32. The van der Waals surface area contributed by atoms with E-state index >= 15 is 0 Å². The number of carbonyl (C=O) groups is 1. The van der Waals surface area contributed by atoms with Crippen LogP contribution in [0.4, 0.5) is 0 Å². The van der Waals surface area contributed by atoms with Gasteiger partial charge in [-0.1, -0.05) is 20.8 Å². The zero-order chi connectivity index (χ0) is 13.2. The van der Waals surface area contributed by atoms with Crippen molar-refractivity contribution in [2.75, 3.05) is 19.6 Å². The highest BCUT2D eigenvalue weighted by Gasteiger charge is 2.31. The van der Waals surface area contributed by atoms with Crippen molar-refractivity contribution in [3.63, 3.8) is 0 Å². The van der Waals surface area contributed by atoms with Gasteiger partial charge in [0, 0.05) is 13.1 Å². The van der Waals surface area contributed by atoms with Crippen LogP contribution in [0.15, 0.2) is 0 Å². The molecule has 2 rings (SSSR count). The lowest BCUT2D eigenvalue weighted by Crippen LogP contribution is -2.44. The lowest BCUT2D eigenvalue weighted by atomic mass is 9.77. The number of amides is 1. The second kappa shape index (κ2) is 6.94. The molecular weight excluding hydrogens is 260 g/mol. The smallest absolute Gasteiger partial charge is 0.239 e. The average Bonchev–Trinajstić information content (AvgIpc) is 2.70. The normalized spacial score (nSPS) is 28.7. The summed E-state index contributed by atoms with van der Waals surface area (Å²) in [6, 6.07) is 0.108. The van der Waals surface area contributed by atoms with Gasteiger partial charge in [0.25, 0.3) is 0 Å². The number of rotatable bonds is 1. The molecule has 0 saturated carbocycles. The number of nitrogens with zero attached hydrogens (tertiary/aromatic N) is 1. The Hall–Kier alpha value is -0.280. The summed E-state index contributed by atoms with van der Waals surface area (Å²) in [4.78, 5) is 14.5. The molecule has 0 spiro atoms. The van der Waals surface area contributed by atoms with Gasteiger partial charge < -0.3 is 10.2 Å². The minimum Gasteiger partial charge on any atom is -0.341 e. The quantitative estimate of drug-likeness (QED) is 0.805. The molecule has 4 heteroatoms. The van der Waals surface area contributed by atoms with Gasteiger partial charge in [-0.25, -0.2) is 0 Å². The van der Waals surface area contributed by atoms with Crippen molar-refractivity contribution in [2.24, 2.45) is 11.3 Å². The van der Waals surface area contributed by atoms with Gasteiger partial charge in [0.05, 0.1) is 6.04 Å². The molecule has 19 heavy (non-hydrogen) atoms. The molecule has 2 heterocycles. The number of hydrogen-bond acceptors (Lipinski definition) is 2. The fourth-order valence-corrected chi connectivity index (χ4v) is 3.30. The molecule has 0 radical (unpaired) electrons. The third kappa shape index (κ3) is 4.35. The van der Waals surface area contributed by atoms with Crippen LogP contribution in [0.25, 0.3) is 0 Å². The predicted octanol–water partition coefficient (Wildman–Crippen LogP) is 2.84. The molecule has 3 nitrogen and oxygen atoms in total.